The summed E-state index contributed by atoms with van der Waals surface area (Å²) in [5, 5.41) is -0.192. The summed E-state index contributed by atoms with van der Waals surface area (Å²) in [7, 11) is -1.87. The van der Waals surface area contributed by atoms with Gasteiger partial charge in [-0.25, -0.2) is 8.42 Å². The van der Waals surface area contributed by atoms with Gasteiger partial charge < -0.3 is 9.30 Å². The average Bonchev–Trinajstić information content (AvgIpc) is 2.68. The van der Waals surface area contributed by atoms with Crippen molar-refractivity contribution in [1.29, 1.82) is 0 Å². The van der Waals surface area contributed by atoms with Crippen molar-refractivity contribution < 1.29 is 13.2 Å². The first-order valence-corrected chi connectivity index (χ1v) is 11.8. The van der Waals surface area contributed by atoms with E-state index in [0.29, 0.717) is 22.0 Å². The van der Waals surface area contributed by atoms with Gasteiger partial charge in [0.15, 0.2) is 15.6 Å². The molecule has 2 heterocycles. The summed E-state index contributed by atoms with van der Waals surface area (Å²) in [5.41, 5.74) is 1.54. The maximum absolute atomic E-state index is 12.5. The van der Waals surface area contributed by atoms with E-state index < -0.39 is 15.1 Å². The molecule has 2 aromatic heterocycles. The minimum Gasteiger partial charge on any atom is -0.422 e. The zero-order valence-electron chi connectivity index (χ0n) is 17.4. The lowest BCUT2D eigenvalue weighted by molar-refractivity contribution is 0.438. The Bertz CT molecular complexity index is 1260. The van der Waals surface area contributed by atoms with Crippen molar-refractivity contribution >= 4 is 33.0 Å². The number of para-hydroxylation sites is 1. The van der Waals surface area contributed by atoms with Gasteiger partial charge in [0.1, 0.15) is 5.02 Å². The fourth-order valence-corrected chi connectivity index (χ4v) is 4.17. The molecule has 3 rings (SSSR count). The lowest BCUT2D eigenvalue weighted by atomic mass is 10.2. The van der Waals surface area contributed by atoms with Crippen molar-refractivity contribution in [3.8, 4) is 23.0 Å². The van der Waals surface area contributed by atoms with Gasteiger partial charge in [0, 0.05) is 18.8 Å². The maximum Gasteiger partial charge on any atom is 0.322 e. The third kappa shape index (κ3) is 5.26. The van der Waals surface area contributed by atoms with Crippen LogP contribution in [-0.4, -0.2) is 28.2 Å². The first kappa shape index (κ1) is 23.2. The molecule has 0 saturated heterocycles. The fourth-order valence-electron chi connectivity index (χ4n) is 2.76. The number of hydrogen-bond acceptors (Lipinski definition) is 6. The Morgan fingerprint density at radius 1 is 1.13 bits per heavy atom. The SMILES string of the molecule is Cc1cccc(Cl)c1Oc1nc(CS(=O)(=O)C(C)C)cc(-c2cc(Cl)c(=O)n(C)c2)n1. The number of nitrogens with zero attached hydrogens (tertiary/aromatic N) is 3. The van der Waals surface area contributed by atoms with Gasteiger partial charge in [-0.1, -0.05) is 35.3 Å². The van der Waals surface area contributed by atoms with E-state index in [1.165, 1.54) is 10.6 Å². The van der Waals surface area contributed by atoms with Crippen LogP contribution >= 0.6 is 23.2 Å². The Kier molecular flexibility index (Phi) is 6.73. The van der Waals surface area contributed by atoms with E-state index in [-0.39, 0.29) is 28.0 Å². The van der Waals surface area contributed by atoms with E-state index in [1.807, 2.05) is 13.0 Å². The summed E-state index contributed by atoms with van der Waals surface area (Å²) in [6.07, 6.45) is 1.56. The number of aryl methyl sites for hydroxylation is 2. The smallest absolute Gasteiger partial charge is 0.322 e. The number of pyridine rings is 1. The first-order chi connectivity index (χ1) is 14.5. The van der Waals surface area contributed by atoms with Crippen molar-refractivity contribution in [3.05, 3.63) is 68.2 Å². The van der Waals surface area contributed by atoms with Crippen molar-refractivity contribution in [2.45, 2.75) is 31.8 Å². The highest BCUT2D eigenvalue weighted by Gasteiger charge is 2.20. The molecule has 0 saturated carbocycles. The van der Waals surface area contributed by atoms with Crippen LogP contribution in [0.4, 0.5) is 0 Å². The molecule has 0 spiro atoms. The largest absolute Gasteiger partial charge is 0.422 e. The van der Waals surface area contributed by atoms with E-state index >= 15 is 0 Å². The molecule has 0 aliphatic carbocycles. The van der Waals surface area contributed by atoms with E-state index in [4.69, 9.17) is 27.9 Å². The number of rotatable bonds is 6. The van der Waals surface area contributed by atoms with Crippen LogP contribution in [0.1, 0.15) is 25.1 Å². The molecular weight excluding hydrogens is 461 g/mol. The second-order valence-corrected chi connectivity index (χ2v) is 10.7. The zero-order chi connectivity index (χ0) is 22.9. The lowest BCUT2D eigenvalue weighted by Gasteiger charge is -2.13. The summed E-state index contributed by atoms with van der Waals surface area (Å²) in [6.45, 7) is 5.03. The summed E-state index contributed by atoms with van der Waals surface area (Å²) in [5.74, 6) is 0.0786. The van der Waals surface area contributed by atoms with Gasteiger partial charge in [0.05, 0.1) is 27.4 Å². The highest BCUT2D eigenvalue weighted by Crippen LogP contribution is 2.32. The molecule has 0 amide bonds. The number of sulfone groups is 1. The highest BCUT2D eigenvalue weighted by molar-refractivity contribution is 7.91. The van der Waals surface area contributed by atoms with E-state index in [1.54, 1.807) is 45.3 Å². The molecule has 7 nitrogen and oxygen atoms in total. The Morgan fingerprint density at radius 3 is 2.45 bits per heavy atom. The van der Waals surface area contributed by atoms with Crippen molar-refractivity contribution in [2.75, 3.05) is 0 Å². The monoisotopic (exact) mass is 481 g/mol. The fraction of sp³-hybridized carbons (Fsp3) is 0.286. The minimum absolute atomic E-state index is 0.0133. The zero-order valence-corrected chi connectivity index (χ0v) is 19.7. The van der Waals surface area contributed by atoms with Crippen LogP contribution in [0.25, 0.3) is 11.3 Å². The molecule has 1 aromatic carbocycles. The molecular formula is C21H21Cl2N3O4S. The summed E-state index contributed by atoms with van der Waals surface area (Å²) >= 11 is 12.3. The second kappa shape index (κ2) is 8.98. The molecule has 0 unspecified atom stereocenters. The van der Waals surface area contributed by atoms with E-state index in [0.717, 1.165) is 5.56 Å². The molecule has 0 bridgehead atoms. The Labute approximate surface area is 190 Å². The predicted octanol–water partition coefficient (Wildman–Crippen LogP) is 4.57. The Morgan fingerprint density at radius 2 is 1.84 bits per heavy atom. The summed E-state index contributed by atoms with van der Waals surface area (Å²) in [4.78, 5) is 20.6. The third-order valence-corrected chi connectivity index (χ3v) is 7.32. The average molecular weight is 482 g/mol. The third-order valence-electron chi connectivity index (χ3n) is 4.62. The van der Waals surface area contributed by atoms with Gasteiger partial charge in [-0.3, -0.25) is 4.79 Å². The topological polar surface area (TPSA) is 91.1 Å². The van der Waals surface area contributed by atoms with Gasteiger partial charge in [-0.05, 0) is 44.5 Å². The van der Waals surface area contributed by atoms with Crippen molar-refractivity contribution in [1.82, 2.24) is 14.5 Å². The molecule has 3 aromatic rings. The molecule has 0 aliphatic heterocycles. The van der Waals surface area contributed by atoms with E-state index in [2.05, 4.69) is 9.97 Å². The van der Waals surface area contributed by atoms with Crippen LogP contribution in [-0.2, 0) is 22.6 Å². The standard InChI is InChI=1S/C21H21Cl2N3O4S/c1-12(2)31(28,29)11-15-9-18(14-8-17(23)20(27)26(4)10-14)25-21(24-15)30-19-13(3)6-5-7-16(19)22/h5-10,12H,11H2,1-4H3. The molecule has 31 heavy (non-hydrogen) atoms. The number of benzene rings is 1. The van der Waals surface area contributed by atoms with Crippen molar-refractivity contribution in [3.63, 3.8) is 0 Å². The quantitative estimate of drug-likeness (QED) is 0.511. The second-order valence-electron chi connectivity index (χ2n) is 7.36. The van der Waals surface area contributed by atoms with Gasteiger partial charge in [-0.2, -0.15) is 9.97 Å². The van der Waals surface area contributed by atoms with Crippen molar-refractivity contribution in [2.24, 2.45) is 7.05 Å². The molecule has 0 atom stereocenters. The lowest BCUT2D eigenvalue weighted by Crippen LogP contribution is -2.18. The van der Waals surface area contributed by atoms with E-state index in [9.17, 15) is 13.2 Å². The molecule has 0 fully saturated rings. The molecule has 10 heteroatoms. The normalized spacial score (nSPS) is 11.7. The van der Waals surface area contributed by atoms with Gasteiger partial charge >= 0.3 is 6.01 Å². The number of halogens is 2. The highest BCUT2D eigenvalue weighted by atomic mass is 35.5. The molecule has 0 N–H and O–H groups in total. The van der Waals surface area contributed by atoms with Gasteiger partial charge in [0.25, 0.3) is 5.56 Å². The van der Waals surface area contributed by atoms with Crippen LogP contribution in [0, 0.1) is 6.92 Å². The number of hydrogen-bond donors (Lipinski definition) is 0. The molecule has 0 radical (unpaired) electrons. The summed E-state index contributed by atoms with van der Waals surface area (Å²) < 4.78 is 32.2. The Balaban J connectivity index is 2.16. The Hall–Kier alpha value is -2.42. The first-order valence-electron chi connectivity index (χ1n) is 9.37. The molecule has 0 aliphatic rings. The maximum atomic E-state index is 12.5. The van der Waals surface area contributed by atoms with Gasteiger partial charge in [0.2, 0.25) is 0 Å². The molecule has 164 valence electrons. The number of aromatic nitrogens is 3. The minimum atomic E-state index is -3.43. The summed E-state index contributed by atoms with van der Waals surface area (Å²) in [6, 6.07) is 8.23. The number of ether oxygens (including phenoxy) is 1. The van der Waals surface area contributed by atoms with Gasteiger partial charge in [-0.15, -0.1) is 0 Å². The van der Waals surface area contributed by atoms with Crippen LogP contribution < -0.4 is 10.3 Å². The van der Waals surface area contributed by atoms with Crippen LogP contribution in [0.5, 0.6) is 11.8 Å². The van der Waals surface area contributed by atoms with Crippen LogP contribution in [0.15, 0.2) is 41.3 Å². The predicted molar refractivity (Wildman–Crippen MR) is 122 cm³/mol. The van der Waals surface area contributed by atoms with Crippen LogP contribution in [0.3, 0.4) is 0 Å². The van der Waals surface area contributed by atoms with Crippen LogP contribution in [0.2, 0.25) is 10.0 Å².